The summed E-state index contributed by atoms with van der Waals surface area (Å²) in [5.41, 5.74) is 3.28. The van der Waals surface area contributed by atoms with Crippen molar-refractivity contribution in [3.63, 3.8) is 0 Å². The van der Waals surface area contributed by atoms with Crippen LogP contribution in [0, 0.1) is 6.92 Å². The first-order valence-electron chi connectivity index (χ1n) is 13.7. The average Bonchev–Trinajstić information content (AvgIpc) is 2.88. The third kappa shape index (κ3) is 7.59. The van der Waals surface area contributed by atoms with Gasteiger partial charge in [-0.3, -0.25) is 13.9 Å². The Labute approximate surface area is 228 Å². The molecule has 0 heterocycles. The molecule has 1 N–H and O–H groups in total. The number of carbonyl (C=O) groups excluding carboxylic acids is 2. The monoisotopic (exact) mass is 541 g/mol. The lowest BCUT2D eigenvalue weighted by atomic mass is 9.95. The number of carbonyl (C=O) groups is 2. The highest BCUT2D eigenvalue weighted by Gasteiger charge is 2.33. The van der Waals surface area contributed by atoms with Gasteiger partial charge in [-0.2, -0.15) is 0 Å². The summed E-state index contributed by atoms with van der Waals surface area (Å²) >= 11 is 0. The zero-order chi connectivity index (χ0) is 27.9. The number of hydrogen-bond donors (Lipinski definition) is 1. The molecule has 1 saturated carbocycles. The summed E-state index contributed by atoms with van der Waals surface area (Å²) in [5.74, 6) is -0.504. The van der Waals surface area contributed by atoms with Crippen LogP contribution in [0.4, 0.5) is 5.69 Å². The molecule has 0 aliphatic heterocycles. The van der Waals surface area contributed by atoms with Crippen molar-refractivity contribution in [2.45, 2.75) is 90.8 Å². The number of aryl methyl sites for hydroxylation is 1. The lowest BCUT2D eigenvalue weighted by molar-refractivity contribution is -0.140. The van der Waals surface area contributed by atoms with Gasteiger partial charge < -0.3 is 10.2 Å². The van der Waals surface area contributed by atoms with Gasteiger partial charge in [-0.25, -0.2) is 8.42 Å². The largest absolute Gasteiger partial charge is 0.352 e. The fourth-order valence-electron chi connectivity index (χ4n) is 5.23. The first-order valence-corrected chi connectivity index (χ1v) is 15.6. The molecule has 1 atom stereocenters. The summed E-state index contributed by atoms with van der Waals surface area (Å²) in [6.07, 6.45) is 6.80. The number of benzene rings is 2. The first kappa shape index (κ1) is 29.7. The highest BCUT2D eigenvalue weighted by molar-refractivity contribution is 7.92. The number of sulfonamides is 1. The minimum atomic E-state index is -3.77. The second kappa shape index (κ2) is 13.3. The Morgan fingerprint density at radius 2 is 1.63 bits per heavy atom. The van der Waals surface area contributed by atoms with Gasteiger partial charge in [0.05, 0.1) is 11.9 Å². The zero-order valence-corrected chi connectivity index (χ0v) is 24.3. The second-order valence-corrected chi connectivity index (χ2v) is 12.6. The molecule has 2 aromatic rings. The standard InChI is InChI=1S/C30H43N3O4S/c1-6-27(30(35)31-25-16-8-7-9-17-25)32(20-24-15-11-10-14-23(24)4)29(34)21-33(38(5,36)37)28-19-13-12-18-26(28)22(2)3/h10-15,18-19,22,25,27H,6-9,16-17,20-21H2,1-5H3,(H,31,35)/t27-/m0/s1. The van der Waals surface area contributed by atoms with Gasteiger partial charge in [0.1, 0.15) is 12.6 Å². The maximum Gasteiger partial charge on any atom is 0.244 e. The molecule has 0 radical (unpaired) electrons. The van der Waals surface area contributed by atoms with Crippen molar-refractivity contribution < 1.29 is 18.0 Å². The predicted octanol–water partition coefficient (Wildman–Crippen LogP) is 5.14. The van der Waals surface area contributed by atoms with E-state index >= 15 is 0 Å². The molecule has 8 heteroatoms. The van der Waals surface area contributed by atoms with Crippen LogP contribution in [-0.4, -0.2) is 50.0 Å². The van der Waals surface area contributed by atoms with Crippen molar-refractivity contribution in [1.29, 1.82) is 0 Å². The maximum absolute atomic E-state index is 14.0. The molecule has 0 unspecified atom stereocenters. The van der Waals surface area contributed by atoms with Crippen molar-refractivity contribution >= 4 is 27.5 Å². The van der Waals surface area contributed by atoms with E-state index < -0.39 is 22.0 Å². The first-order chi connectivity index (χ1) is 18.0. The highest BCUT2D eigenvalue weighted by Crippen LogP contribution is 2.29. The Bertz CT molecular complexity index is 1210. The van der Waals surface area contributed by atoms with E-state index in [1.165, 1.54) is 10.7 Å². The van der Waals surface area contributed by atoms with Crippen LogP contribution in [0.3, 0.4) is 0 Å². The molecule has 0 saturated heterocycles. The van der Waals surface area contributed by atoms with Gasteiger partial charge in [-0.1, -0.05) is 82.5 Å². The molecule has 0 spiro atoms. The van der Waals surface area contributed by atoms with E-state index in [1.54, 1.807) is 17.0 Å². The fraction of sp³-hybridized carbons (Fsp3) is 0.533. The Morgan fingerprint density at radius 3 is 2.24 bits per heavy atom. The third-order valence-electron chi connectivity index (χ3n) is 7.45. The van der Waals surface area contributed by atoms with Crippen molar-refractivity contribution in [2.24, 2.45) is 0 Å². The van der Waals surface area contributed by atoms with Crippen LogP contribution in [0.5, 0.6) is 0 Å². The number of para-hydroxylation sites is 1. The normalized spacial score (nSPS) is 15.2. The van der Waals surface area contributed by atoms with E-state index in [2.05, 4.69) is 5.32 Å². The van der Waals surface area contributed by atoms with Gasteiger partial charge in [0.2, 0.25) is 21.8 Å². The van der Waals surface area contributed by atoms with Crippen molar-refractivity contribution in [2.75, 3.05) is 17.1 Å². The molecule has 2 amide bonds. The van der Waals surface area contributed by atoms with Crippen LogP contribution < -0.4 is 9.62 Å². The smallest absolute Gasteiger partial charge is 0.244 e. The van der Waals surface area contributed by atoms with E-state index in [0.29, 0.717) is 12.1 Å². The quantitative estimate of drug-likeness (QED) is 0.427. The van der Waals surface area contributed by atoms with Gasteiger partial charge in [0.15, 0.2) is 0 Å². The summed E-state index contributed by atoms with van der Waals surface area (Å²) in [6, 6.07) is 14.5. The van der Waals surface area contributed by atoms with Crippen molar-refractivity contribution in [3.05, 3.63) is 65.2 Å². The number of nitrogens with zero attached hydrogens (tertiary/aromatic N) is 2. The number of amides is 2. The van der Waals surface area contributed by atoms with Crippen molar-refractivity contribution in [3.8, 4) is 0 Å². The van der Waals surface area contributed by atoms with Gasteiger partial charge >= 0.3 is 0 Å². The van der Waals surface area contributed by atoms with E-state index in [0.717, 1.165) is 48.6 Å². The SMILES string of the molecule is CC[C@@H](C(=O)NC1CCCCC1)N(Cc1ccccc1C)C(=O)CN(c1ccccc1C(C)C)S(C)(=O)=O. The number of rotatable bonds is 11. The van der Waals surface area contributed by atoms with Gasteiger partial charge in [0, 0.05) is 12.6 Å². The summed E-state index contributed by atoms with van der Waals surface area (Å²) in [6.45, 7) is 7.71. The van der Waals surface area contributed by atoms with E-state index in [-0.39, 0.29) is 31.0 Å². The molecule has 1 aliphatic carbocycles. The van der Waals surface area contributed by atoms with E-state index in [9.17, 15) is 18.0 Å². The molecular weight excluding hydrogens is 498 g/mol. The molecule has 1 aliphatic rings. The minimum absolute atomic E-state index is 0.0679. The Kier molecular flexibility index (Phi) is 10.4. The minimum Gasteiger partial charge on any atom is -0.352 e. The van der Waals surface area contributed by atoms with Crippen LogP contribution in [0.1, 0.15) is 81.9 Å². The average molecular weight is 542 g/mol. The molecule has 2 aromatic carbocycles. The van der Waals surface area contributed by atoms with Crippen LogP contribution >= 0.6 is 0 Å². The molecular formula is C30H43N3O4S. The number of anilines is 1. The molecule has 208 valence electrons. The predicted molar refractivity (Wildman–Crippen MR) is 154 cm³/mol. The number of hydrogen-bond acceptors (Lipinski definition) is 4. The van der Waals surface area contributed by atoms with Crippen molar-refractivity contribution in [1.82, 2.24) is 10.2 Å². The van der Waals surface area contributed by atoms with Crippen LogP contribution in [0.2, 0.25) is 0 Å². The molecule has 0 bridgehead atoms. The molecule has 0 aromatic heterocycles. The third-order valence-corrected chi connectivity index (χ3v) is 8.57. The topological polar surface area (TPSA) is 86.8 Å². The fourth-order valence-corrected chi connectivity index (χ4v) is 6.10. The van der Waals surface area contributed by atoms with E-state index in [1.807, 2.05) is 64.1 Å². The number of nitrogens with one attached hydrogen (secondary N) is 1. The van der Waals surface area contributed by atoms with Crippen LogP contribution in [-0.2, 0) is 26.2 Å². The molecule has 1 fully saturated rings. The molecule has 7 nitrogen and oxygen atoms in total. The van der Waals surface area contributed by atoms with Crippen LogP contribution in [0.25, 0.3) is 0 Å². The second-order valence-electron chi connectivity index (χ2n) is 10.7. The summed E-state index contributed by atoms with van der Waals surface area (Å²) < 4.78 is 27.2. The van der Waals surface area contributed by atoms with Gasteiger partial charge in [0.25, 0.3) is 0 Å². The van der Waals surface area contributed by atoms with Gasteiger partial charge in [-0.05, 0) is 54.9 Å². The lowest BCUT2D eigenvalue weighted by Crippen LogP contribution is -2.54. The Hall–Kier alpha value is -2.87. The lowest BCUT2D eigenvalue weighted by Gasteiger charge is -2.35. The summed E-state index contributed by atoms with van der Waals surface area (Å²) in [4.78, 5) is 29.1. The Balaban J connectivity index is 1.97. The highest BCUT2D eigenvalue weighted by atomic mass is 32.2. The summed E-state index contributed by atoms with van der Waals surface area (Å²) in [5, 5.41) is 3.18. The van der Waals surface area contributed by atoms with Gasteiger partial charge in [-0.15, -0.1) is 0 Å². The maximum atomic E-state index is 14.0. The Morgan fingerprint density at radius 1 is 1.00 bits per heavy atom. The molecule has 3 rings (SSSR count). The van der Waals surface area contributed by atoms with Crippen LogP contribution in [0.15, 0.2) is 48.5 Å². The van der Waals surface area contributed by atoms with E-state index in [4.69, 9.17) is 0 Å². The zero-order valence-electron chi connectivity index (χ0n) is 23.4. The molecule has 38 heavy (non-hydrogen) atoms. The summed E-state index contributed by atoms with van der Waals surface area (Å²) in [7, 11) is -3.77.